The van der Waals surface area contributed by atoms with Gasteiger partial charge in [-0.3, -0.25) is 9.69 Å². The molecule has 1 aromatic rings. The fourth-order valence-electron chi connectivity index (χ4n) is 3.01. The second kappa shape index (κ2) is 7.45. The predicted molar refractivity (Wildman–Crippen MR) is 93.5 cm³/mol. The zero-order valence-corrected chi connectivity index (χ0v) is 14.9. The second-order valence-electron chi connectivity index (χ2n) is 6.23. The molecule has 6 heteroatoms. The lowest BCUT2D eigenvalue weighted by Gasteiger charge is -2.26. The maximum Gasteiger partial charge on any atom is 0.225 e. The Bertz CT molecular complexity index is 670. The molecule has 2 rings (SSSR count). The summed E-state index contributed by atoms with van der Waals surface area (Å²) in [4.78, 5) is 14.3. The largest absolute Gasteiger partial charge is 0.326 e. The first-order chi connectivity index (χ1) is 10.8. The first kappa shape index (κ1) is 17.9. The van der Waals surface area contributed by atoms with Gasteiger partial charge in [-0.25, -0.2) is 8.42 Å². The third-order valence-corrected chi connectivity index (χ3v) is 6.39. The van der Waals surface area contributed by atoms with Crippen LogP contribution in [0.4, 0.5) is 5.69 Å². The van der Waals surface area contributed by atoms with Crippen LogP contribution in [0.3, 0.4) is 0 Å². The Kier molecular flexibility index (Phi) is 5.81. The van der Waals surface area contributed by atoms with Crippen molar-refractivity contribution in [2.45, 2.75) is 39.7 Å². The summed E-state index contributed by atoms with van der Waals surface area (Å²) in [6.45, 7) is 7.37. The van der Waals surface area contributed by atoms with Gasteiger partial charge in [0.25, 0.3) is 0 Å². The lowest BCUT2D eigenvalue weighted by molar-refractivity contribution is -0.116. The molecular formula is C17H26N2O3S. The quantitative estimate of drug-likeness (QED) is 0.863. The summed E-state index contributed by atoms with van der Waals surface area (Å²) in [7, 11) is -2.89. The van der Waals surface area contributed by atoms with Crippen molar-refractivity contribution >= 4 is 21.4 Å². The Labute approximate surface area is 139 Å². The smallest absolute Gasteiger partial charge is 0.225 e. The number of carbonyl (C=O) groups excluding carboxylic acids is 1. The highest BCUT2D eigenvalue weighted by Gasteiger charge is 2.31. The summed E-state index contributed by atoms with van der Waals surface area (Å²) in [6, 6.07) is 5.91. The Morgan fingerprint density at radius 3 is 2.70 bits per heavy atom. The van der Waals surface area contributed by atoms with Gasteiger partial charge >= 0.3 is 0 Å². The predicted octanol–water partition coefficient (Wildman–Crippen LogP) is 2.14. The van der Waals surface area contributed by atoms with Gasteiger partial charge in [-0.2, -0.15) is 0 Å². The summed E-state index contributed by atoms with van der Waals surface area (Å²) in [5, 5.41) is 2.95. The molecule has 1 aliphatic rings. The van der Waals surface area contributed by atoms with E-state index in [2.05, 4.69) is 10.2 Å². The van der Waals surface area contributed by atoms with E-state index in [1.54, 1.807) is 0 Å². The van der Waals surface area contributed by atoms with Crippen LogP contribution in [0, 0.1) is 13.8 Å². The van der Waals surface area contributed by atoms with Crippen molar-refractivity contribution in [1.29, 1.82) is 0 Å². The van der Waals surface area contributed by atoms with E-state index in [9.17, 15) is 13.2 Å². The molecule has 0 spiro atoms. The van der Waals surface area contributed by atoms with Crippen LogP contribution in [0.25, 0.3) is 0 Å². The fourth-order valence-corrected chi connectivity index (χ4v) is 4.77. The highest BCUT2D eigenvalue weighted by molar-refractivity contribution is 7.91. The van der Waals surface area contributed by atoms with Crippen LogP contribution in [0.5, 0.6) is 0 Å². The summed E-state index contributed by atoms with van der Waals surface area (Å²) >= 11 is 0. The van der Waals surface area contributed by atoms with Gasteiger partial charge in [0.2, 0.25) is 5.91 Å². The van der Waals surface area contributed by atoms with Gasteiger partial charge in [-0.15, -0.1) is 0 Å². The number of rotatable bonds is 6. The maximum absolute atomic E-state index is 12.2. The molecule has 5 nitrogen and oxygen atoms in total. The van der Waals surface area contributed by atoms with Crippen molar-refractivity contribution in [2.24, 2.45) is 0 Å². The minimum Gasteiger partial charge on any atom is -0.326 e. The highest BCUT2D eigenvalue weighted by atomic mass is 32.2. The molecule has 1 saturated heterocycles. The van der Waals surface area contributed by atoms with Crippen LogP contribution >= 0.6 is 0 Å². The molecular weight excluding hydrogens is 312 g/mol. The van der Waals surface area contributed by atoms with Gasteiger partial charge in [0.15, 0.2) is 9.84 Å². The number of carbonyl (C=O) groups is 1. The number of nitrogens with one attached hydrogen (secondary N) is 1. The average molecular weight is 338 g/mol. The molecule has 1 fully saturated rings. The molecule has 23 heavy (non-hydrogen) atoms. The van der Waals surface area contributed by atoms with E-state index in [0.717, 1.165) is 23.4 Å². The fraction of sp³-hybridized carbons (Fsp3) is 0.588. The van der Waals surface area contributed by atoms with E-state index in [1.807, 2.05) is 39.0 Å². The number of nitrogens with zero attached hydrogens (tertiary/aromatic N) is 1. The molecule has 1 heterocycles. The van der Waals surface area contributed by atoms with Crippen LogP contribution in [0.2, 0.25) is 0 Å². The minimum absolute atomic E-state index is 0.0296. The van der Waals surface area contributed by atoms with E-state index in [4.69, 9.17) is 0 Å². The van der Waals surface area contributed by atoms with Gasteiger partial charge in [-0.1, -0.05) is 19.1 Å². The van der Waals surface area contributed by atoms with Crippen molar-refractivity contribution < 1.29 is 13.2 Å². The number of anilines is 1. The number of aryl methyl sites for hydroxylation is 1. The summed E-state index contributed by atoms with van der Waals surface area (Å²) in [5.74, 6) is 0.459. The second-order valence-corrected chi connectivity index (χ2v) is 8.46. The van der Waals surface area contributed by atoms with Crippen LogP contribution in [0.1, 0.15) is 30.9 Å². The molecule has 1 aliphatic heterocycles. The molecule has 1 amide bonds. The van der Waals surface area contributed by atoms with Crippen molar-refractivity contribution in [2.75, 3.05) is 29.9 Å². The van der Waals surface area contributed by atoms with Crippen LogP contribution in [0.15, 0.2) is 18.2 Å². The van der Waals surface area contributed by atoms with E-state index < -0.39 is 9.84 Å². The molecule has 1 atom stereocenters. The Morgan fingerprint density at radius 1 is 1.35 bits per heavy atom. The Hall–Kier alpha value is -1.40. The standard InChI is InChI=1S/C17H26N2O3S/c1-4-19(15-9-11-23(21,22)12-15)10-8-17(20)18-16-7-5-6-13(2)14(16)3/h5-7,15H,4,8-12H2,1-3H3,(H,18,20). The molecule has 1 aromatic carbocycles. The average Bonchev–Trinajstić information content (AvgIpc) is 2.85. The first-order valence-electron chi connectivity index (χ1n) is 8.13. The van der Waals surface area contributed by atoms with Gasteiger partial charge in [0, 0.05) is 24.7 Å². The van der Waals surface area contributed by atoms with Crippen molar-refractivity contribution in [3.05, 3.63) is 29.3 Å². The molecule has 0 bridgehead atoms. The Morgan fingerprint density at radius 2 is 2.09 bits per heavy atom. The van der Waals surface area contributed by atoms with Gasteiger partial charge in [0.1, 0.15) is 0 Å². The highest BCUT2D eigenvalue weighted by Crippen LogP contribution is 2.19. The van der Waals surface area contributed by atoms with E-state index in [-0.39, 0.29) is 23.5 Å². The molecule has 128 valence electrons. The third kappa shape index (κ3) is 4.78. The van der Waals surface area contributed by atoms with E-state index in [0.29, 0.717) is 19.4 Å². The lowest BCUT2D eigenvalue weighted by atomic mass is 10.1. The normalized spacial score (nSPS) is 19.9. The number of benzene rings is 1. The topological polar surface area (TPSA) is 66.5 Å². The van der Waals surface area contributed by atoms with Crippen LogP contribution in [-0.4, -0.2) is 49.9 Å². The zero-order chi connectivity index (χ0) is 17.0. The molecule has 0 aromatic heterocycles. The van der Waals surface area contributed by atoms with Crippen LogP contribution < -0.4 is 5.32 Å². The lowest BCUT2D eigenvalue weighted by Crippen LogP contribution is -2.38. The van der Waals surface area contributed by atoms with Gasteiger partial charge in [-0.05, 0) is 44.0 Å². The maximum atomic E-state index is 12.2. The summed E-state index contributed by atoms with van der Waals surface area (Å²) in [6.07, 6.45) is 1.05. The summed E-state index contributed by atoms with van der Waals surface area (Å²) in [5.41, 5.74) is 3.07. The van der Waals surface area contributed by atoms with Gasteiger partial charge in [0.05, 0.1) is 11.5 Å². The monoisotopic (exact) mass is 338 g/mol. The molecule has 1 unspecified atom stereocenters. The van der Waals surface area contributed by atoms with Crippen molar-refractivity contribution in [3.8, 4) is 0 Å². The number of sulfone groups is 1. The molecule has 0 radical (unpaired) electrons. The number of hydrogen-bond acceptors (Lipinski definition) is 4. The molecule has 0 aliphatic carbocycles. The zero-order valence-electron chi connectivity index (χ0n) is 14.1. The molecule has 1 N–H and O–H groups in total. The van der Waals surface area contributed by atoms with E-state index in [1.165, 1.54) is 0 Å². The van der Waals surface area contributed by atoms with E-state index >= 15 is 0 Å². The number of amides is 1. The summed E-state index contributed by atoms with van der Waals surface area (Å²) < 4.78 is 23.2. The van der Waals surface area contributed by atoms with Crippen molar-refractivity contribution in [3.63, 3.8) is 0 Å². The van der Waals surface area contributed by atoms with Crippen LogP contribution in [-0.2, 0) is 14.6 Å². The number of hydrogen-bond donors (Lipinski definition) is 1. The first-order valence-corrected chi connectivity index (χ1v) is 9.95. The SMILES string of the molecule is CCN(CCC(=O)Nc1cccc(C)c1C)C1CCS(=O)(=O)C1. The minimum atomic E-state index is -2.89. The Balaban J connectivity index is 1.89. The van der Waals surface area contributed by atoms with Crippen molar-refractivity contribution in [1.82, 2.24) is 4.90 Å². The molecule has 0 saturated carbocycles. The van der Waals surface area contributed by atoms with Gasteiger partial charge < -0.3 is 5.32 Å². The third-order valence-electron chi connectivity index (χ3n) is 4.64.